The lowest BCUT2D eigenvalue weighted by atomic mass is 9.93. The zero-order valence-corrected chi connectivity index (χ0v) is 11.3. The maximum Gasteiger partial charge on any atom is 0.335 e. The number of nitrogens with zero attached hydrogens (tertiary/aromatic N) is 1. The van der Waals surface area contributed by atoms with E-state index in [-0.39, 0.29) is 6.03 Å². The Morgan fingerprint density at radius 1 is 1.30 bits per heavy atom. The number of carbonyl (C=O) groups excluding carboxylic acids is 1. The topological polar surface area (TPSA) is 69.6 Å². The van der Waals surface area contributed by atoms with Gasteiger partial charge in [0.2, 0.25) is 0 Å². The molecule has 1 aromatic carbocycles. The van der Waals surface area contributed by atoms with Crippen molar-refractivity contribution in [1.29, 1.82) is 0 Å². The Hall–Kier alpha value is -2.04. The number of benzene rings is 1. The van der Waals surface area contributed by atoms with Gasteiger partial charge in [0.15, 0.2) is 0 Å². The summed E-state index contributed by atoms with van der Waals surface area (Å²) in [6.45, 7) is 1.07. The average Bonchev–Trinajstić information content (AvgIpc) is 2.41. The van der Waals surface area contributed by atoms with E-state index in [4.69, 9.17) is 0 Å². The van der Waals surface area contributed by atoms with Gasteiger partial charge in [0, 0.05) is 19.1 Å². The van der Waals surface area contributed by atoms with Crippen molar-refractivity contribution in [3.63, 3.8) is 0 Å². The minimum absolute atomic E-state index is 0.0268. The number of aromatic carboxylic acids is 1. The summed E-state index contributed by atoms with van der Waals surface area (Å²) in [4.78, 5) is 25.1. The summed E-state index contributed by atoms with van der Waals surface area (Å²) in [5, 5.41) is 12.2. The molecule has 5 heteroatoms. The SMILES string of the molecule is O=C(O)c1cccc2c1CCN(C(=O)NC1CCC1)C2. The van der Waals surface area contributed by atoms with Crippen molar-refractivity contribution < 1.29 is 14.7 Å². The lowest BCUT2D eigenvalue weighted by Crippen LogP contribution is -2.48. The Balaban J connectivity index is 1.73. The highest BCUT2D eigenvalue weighted by Gasteiger charge is 2.26. The smallest absolute Gasteiger partial charge is 0.335 e. The third kappa shape index (κ3) is 2.35. The first-order valence-corrected chi connectivity index (χ1v) is 7.04. The molecule has 1 aliphatic carbocycles. The van der Waals surface area contributed by atoms with E-state index in [2.05, 4.69) is 5.32 Å². The number of hydrogen-bond acceptors (Lipinski definition) is 2. The molecule has 0 saturated heterocycles. The number of hydrogen-bond donors (Lipinski definition) is 2. The Labute approximate surface area is 117 Å². The van der Waals surface area contributed by atoms with Crippen LogP contribution in [0, 0.1) is 0 Å². The van der Waals surface area contributed by atoms with Crippen molar-refractivity contribution in [1.82, 2.24) is 10.2 Å². The summed E-state index contributed by atoms with van der Waals surface area (Å²) in [7, 11) is 0. The van der Waals surface area contributed by atoms with Crippen molar-refractivity contribution in [2.45, 2.75) is 38.3 Å². The van der Waals surface area contributed by atoms with Crippen LogP contribution >= 0.6 is 0 Å². The number of nitrogens with one attached hydrogen (secondary N) is 1. The summed E-state index contributed by atoms with van der Waals surface area (Å²) in [6, 6.07) is 5.58. The third-order valence-electron chi connectivity index (χ3n) is 4.22. The van der Waals surface area contributed by atoms with Crippen molar-refractivity contribution in [2.75, 3.05) is 6.54 Å². The standard InChI is InChI=1S/C15H18N2O3/c18-14(19)13-6-1-3-10-9-17(8-7-12(10)13)15(20)16-11-4-2-5-11/h1,3,6,11H,2,4-5,7-9H2,(H,16,20)(H,18,19). The summed E-state index contributed by atoms with van der Waals surface area (Å²) < 4.78 is 0. The monoisotopic (exact) mass is 274 g/mol. The van der Waals surface area contributed by atoms with Crippen LogP contribution in [0.25, 0.3) is 0 Å². The zero-order valence-electron chi connectivity index (χ0n) is 11.3. The van der Waals surface area contributed by atoms with E-state index < -0.39 is 5.97 Å². The van der Waals surface area contributed by atoms with Crippen LogP contribution < -0.4 is 5.32 Å². The number of fused-ring (bicyclic) bond motifs is 1. The van der Waals surface area contributed by atoms with Gasteiger partial charge in [0.1, 0.15) is 0 Å². The lowest BCUT2D eigenvalue weighted by Gasteiger charge is -2.33. The molecule has 20 heavy (non-hydrogen) atoms. The second-order valence-corrected chi connectivity index (χ2v) is 5.50. The molecule has 3 rings (SSSR count). The van der Waals surface area contributed by atoms with Crippen molar-refractivity contribution >= 4 is 12.0 Å². The summed E-state index contributed by atoms with van der Waals surface area (Å²) in [5.74, 6) is -0.894. The van der Waals surface area contributed by atoms with E-state index in [1.807, 2.05) is 6.07 Å². The maximum absolute atomic E-state index is 12.1. The average molecular weight is 274 g/mol. The molecule has 2 aliphatic rings. The number of rotatable bonds is 2. The van der Waals surface area contributed by atoms with Gasteiger partial charge in [-0.15, -0.1) is 0 Å². The summed E-state index contributed by atoms with van der Waals surface area (Å²) >= 11 is 0. The molecule has 1 fully saturated rings. The molecule has 0 bridgehead atoms. The molecule has 1 aliphatic heterocycles. The van der Waals surface area contributed by atoms with Crippen LogP contribution in [0.2, 0.25) is 0 Å². The highest BCUT2D eigenvalue weighted by molar-refractivity contribution is 5.90. The quantitative estimate of drug-likeness (QED) is 0.866. The Morgan fingerprint density at radius 2 is 2.10 bits per heavy atom. The van der Waals surface area contributed by atoms with Gasteiger partial charge >= 0.3 is 12.0 Å². The van der Waals surface area contributed by atoms with Crippen molar-refractivity contribution in [3.05, 3.63) is 34.9 Å². The number of amides is 2. The summed E-state index contributed by atoms with van der Waals surface area (Å²) in [6.07, 6.45) is 3.93. The molecule has 2 amide bonds. The van der Waals surface area contributed by atoms with Crippen LogP contribution in [0.15, 0.2) is 18.2 Å². The van der Waals surface area contributed by atoms with Gasteiger partial charge in [-0.2, -0.15) is 0 Å². The van der Waals surface area contributed by atoms with E-state index in [0.29, 0.717) is 31.1 Å². The van der Waals surface area contributed by atoms with E-state index >= 15 is 0 Å². The van der Waals surface area contributed by atoms with Gasteiger partial charge in [-0.25, -0.2) is 9.59 Å². The molecule has 0 spiro atoms. The fourth-order valence-electron chi connectivity index (χ4n) is 2.80. The normalized spacial score (nSPS) is 18.1. The number of carboxylic acid groups (broad SMARTS) is 1. The first kappa shape index (κ1) is 13.0. The molecule has 0 atom stereocenters. The highest BCUT2D eigenvalue weighted by Crippen LogP contribution is 2.24. The van der Waals surface area contributed by atoms with Gasteiger partial charge in [-0.05, 0) is 42.9 Å². The van der Waals surface area contributed by atoms with E-state index in [0.717, 1.165) is 24.0 Å². The first-order chi connectivity index (χ1) is 9.65. The first-order valence-electron chi connectivity index (χ1n) is 7.04. The van der Waals surface area contributed by atoms with Gasteiger partial charge in [0.05, 0.1) is 5.56 Å². The fourth-order valence-corrected chi connectivity index (χ4v) is 2.80. The highest BCUT2D eigenvalue weighted by atomic mass is 16.4. The van der Waals surface area contributed by atoms with Gasteiger partial charge < -0.3 is 15.3 Å². The number of carboxylic acids is 1. The predicted octanol–water partition coefficient (Wildman–Crippen LogP) is 2.00. The second kappa shape index (κ2) is 5.15. The molecule has 106 valence electrons. The molecule has 1 aromatic rings. The van der Waals surface area contributed by atoms with Gasteiger partial charge in [-0.3, -0.25) is 0 Å². The van der Waals surface area contributed by atoms with Gasteiger partial charge in [0.25, 0.3) is 0 Å². The van der Waals surface area contributed by atoms with Crippen LogP contribution in [-0.4, -0.2) is 34.6 Å². The predicted molar refractivity (Wildman–Crippen MR) is 73.7 cm³/mol. The minimum atomic E-state index is -0.894. The second-order valence-electron chi connectivity index (χ2n) is 5.50. The van der Waals surface area contributed by atoms with Crippen molar-refractivity contribution in [3.8, 4) is 0 Å². The lowest BCUT2D eigenvalue weighted by molar-refractivity contribution is 0.0695. The van der Waals surface area contributed by atoms with Crippen LogP contribution in [0.5, 0.6) is 0 Å². The minimum Gasteiger partial charge on any atom is -0.478 e. The molecule has 1 saturated carbocycles. The van der Waals surface area contributed by atoms with Crippen LogP contribution in [0.1, 0.15) is 40.7 Å². The Morgan fingerprint density at radius 3 is 2.75 bits per heavy atom. The van der Waals surface area contributed by atoms with Gasteiger partial charge in [-0.1, -0.05) is 12.1 Å². The van der Waals surface area contributed by atoms with E-state index in [1.54, 1.807) is 17.0 Å². The molecular formula is C15H18N2O3. The fraction of sp³-hybridized carbons (Fsp3) is 0.467. The number of carbonyl (C=O) groups is 2. The summed E-state index contributed by atoms with van der Waals surface area (Å²) in [5.41, 5.74) is 2.18. The van der Waals surface area contributed by atoms with Crippen LogP contribution in [0.3, 0.4) is 0 Å². The molecule has 0 aromatic heterocycles. The molecule has 2 N–H and O–H groups in total. The molecule has 1 heterocycles. The number of urea groups is 1. The largest absolute Gasteiger partial charge is 0.478 e. The third-order valence-corrected chi connectivity index (χ3v) is 4.22. The molecule has 0 unspecified atom stereocenters. The Kier molecular flexibility index (Phi) is 3.34. The van der Waals surface area contributed by atoms with Crippen LogP contribution in [-0.2, 0) is 13.0 Å². The maximum atomic E-state index is 12.1. The van der Waals surface area contributed by atoms with Crippen molar-refractivity contribution in [2.24, 2.45) is 0 Å². The Bertz CT molecular complexity index is 552. The zero-order chi connectivity index (χ0) is 14.1. The van der Waals surface area contributed by atoms with E-state index in [9.17, 15) is 14.7 Å². The van der Waals surface area contributed by atoms with E-state index in [1.165, 1.54) is 6.42 Å². The van der Waals surface area contributed by atoms with Crippen LogP contribution in [0.4, 0.5) is 4.79 Å². The molecular weight excluding hydrogens is 256 g/mol. The molecule has 0 radical (unpaired) electrons. The molecule has 5 nitrogen and oxygen atoms in total.